The first-order valence-corrected chi connectivity index (χ1v) is 8.00. The maximum atomic E-state index is 12.2. The van der Waals surface area contributed by atoms with Crippen molar-refractivity contribution in [3.8, 4) is 0 Å². The summed E-state index contributed by atoms with van der Waals surface area (Å²) in [6.45, 7) is 2.44. The Morgan fingerprint density at radius 2 is 2.23 bits per heavy atom. The zero-order chi connectivity index (χ0) is 16.3. The van der Waals surface area contributed by atoms with Crippen LogP contribution in [0.1, 0.15) is 23.7 Å². The Morgan fingerprint density at radius 3 is 2.77 bits per heavy atom. The fraction of sp³-hybridized carbons (Fsp3) is 0.385. The minimum Gasteiger partial charge on any atom is -0.463 e. The average molecular weight is 329 g/mol. The Bertz CT molecular complexity index is 698. The van der Waals surface area contributed by atoms with E-state index >= 15 is 0 Å². The Kier molecular flexibility index (Phi) is 4.67. The molecule has 1 aromatic rings. The van der Waals surface area contributed by atoms with Gasteiger partial charge >= 0.3 is 11.9 Å². The van der Waals surface area contributed by atoms with Crippen molar-refractivity contribution >= 4 is 27.7 Å². The van der Waals surface area contributed by atoms with Crippen LogP contribution in [0.5, 0.6) is 0 Å². The van der Waals surface area contributed by atoms with Crippen molar-refractivity contribution in [2.75, 3.05) is 18.5 Å². The number of cyclic esters (lactones) is 1. The van der Waals surface area contributed by atoms with Crippen molar-refractivity contribution in [1.82, 2.24) is 0 Å². The molecule has 1 aromatic carbocycles. The largest absolute Gasteiger partial charge is 0.463 e. The van der Waals surface area contributed by atoms with E-state index < -0.39 is 33.1 Å². The van der Waals surface area contributed by atoms with Crippen molar-refractivity contribution < 1.29 is 32.0 Å². The molecule has 22 heavy (non-hydrogen) atoms. The lowest BCUT2D eigenvalue weighted by molar-refractivity contribution is -0.145. The predicted octanol–water partition coefficient (Wildman–Crippen LogP) is 0.837. The number of nitrogens with one attached hydrogen (secondary N) is 1. The monoisotopic (exact) mass is 329 g/mol. The van der Waals surface area contributed by atoms with Gasteiger partial charge in [-0.15, -0.1) is 0 Å². The van der Waals surface area contributed by atoms with Crippen LogP contribution in [0.15, 0.2) is 23.1 Å². The molecule has 0 aliphatic carbocycles. The summed E-state index contributed by atoms with van der Waals surface area (Å²) in [6, 6.07) is 3.50. The fourth-order valence-corrected chi connectivity index (χ4v) is 2.48. The maximum Gasteiger partial charge on any atom is 0.347 e. The Labute approximate surface area is 127 Å². The second-order valence-electron chi connectivity index (χ2n) is 4.56. The summed E-state index contributed by atoms with van der Waals surface area (Å²) in [5.41, 5.74) is 0.253. The first-order valence-electron chi connectivity index (χ1n) is 6.56. The van der Waals surface area contributed by atoms with E-state index in [1.54, 1.807) is 6.92 Å². The third-order valence-electron chi connectivity index (χ3n) is 3.01. The third-order valence-corrected chi connectivity index (χ3v) is 3.86. The SMILES string of the molecule is CCNc1ccc(S(=O)(=O)O)cc1C(=O)OC1CCOC1=O. The van der Waals surface area contributed by atoms with Gasteiger partial charge in [0.15, 0.2) is 0 Å². The van der Waals surface area contributed by atoms with Gasteiger partial charge in [0, 0.05) is 18.7 Å². The third kappa shape index (κ3) is 3.55. The van der Waals surface area contributed by atoms with Gasteiger partial charge < -0.3 is 14.8 Å². The summed E-state index contributed by atoms with van der Waals surface area (Å²) in [5, 5.41) is 2.88. The second-order valence-corrected chi connectivity index (χ2v) is 5.98. The molecule has 1 aliphatic heterocycles. The molecule has 2 N–H and O–H groups in total. The highest BCUT2D eigenvalue weighted by atomic mass is 32.2. The molecule has 1 saturated heterocycles. The lowest BCUT2D eigenvalue weighted by Gasteiger charge is -2.13. The molecule has 0 bridgehead atoms. The van der Waals surface area contributed by atoms with Gasteiger partial charge in [0.2, 0.25) is 6.10 Å². The number of carbonyl (C=O) groups excluding carboxylic acids is 2. The molecule has 1 heterocycles. The first kappa shape index (κ1) is 16.2. The van der Waals surface area contributed by atoms with E-state index in [2.05, 4.69) is 5.32 Å². The van der Waals surface area contributed by atoms with Gasteiger partial charge in [0.05, 0.1) is 17.1 Å². The molecule has 1 unspecified atom stereocenters. The molecule has 120 valence electrons. The van der Waals surface area contributed by atoms with Gasteiger partial charge in [0.25, 0.3) is 10.1 Å². The smallest absolute Gasteiger partial charge is 0.347 e. The van der Waals surface area contributed by atoms with Gasteiger partial charge in [-0.3, -0.25) is 4.55 Å². The van der Waals surface area contributed by atoms with E-state index in [0.29, 0.717) is 12.2 Å². The molecule has 9 heteroatoms. The molecule has 0 amide bonds. The van der Waals surface area contributed by atoms with Crippen LogP contribution >= 0.6 is 0 Å². The minimum atomic E-state index is -4.46. The van der Waals surface area contributed by atoms with Crippen LogP contribution in [0.3, 0.4) is 0 Å². The lowest BCUT2D eigenvalue weighted by atomic mass is 10.1. The fourth-order valence-electron chi connectivity index (χ4n) is 1.97. The van der Waals surface area contributed by atoms with Crippen LogP contribution < -0.4 is 5.32 Å². The summed E-state index contributed by atoms with van der Waals surface area (Å²) in [5.74, 6) is -1.51. The van der Waals surface area contributed by atoms with E-state index in [0.717, 1.165) is 12.1 Å². The van der Waals surface area contributed by atoms with E-state index in [9.17, 15) is 18.0 Å². The number of ether oxygens (including phenoxy) is 2. The molecule has 2 rings (SSSR count). The van der Waals surface area contributed by atoms with Gasteiger partial charge in [-0.05, 0) is 25.1 Å². The number of hydrogen-bond acceptors (Lipinski definition) is 7. The summed E-state index contributed by atoms with van der Waals surface area (Å²) < 4.78 is 41.2. The molecule has 1 atom stereocenters. The molecule has 0 radical (unpaired) electrons. The van der Waals surface area contributed by atoms with E-state index in [1.165, 1.54) is 6.07 Å². The highest BCUT2D eigenvalue weighted by Gasteiger charge is 2.31. The highest BCUT2D eigenvalue weighted by molar-refractivity contribution is 7.85. The van der Waals surface area contributed by atoms with Crippen LogP contribution in [0.25, 0.3) is 0 Å². The molecular weight excluding hydrogens is 314 g/mol. The van der Waals surface area contributed by atoms with Crippen molar-refractivity contribution in [2.24, 2.45) is 0 Å². The van der Waals surface area contributed by atoms with E-state index in [-0.39, 0.29) is 18.6 Å². The predicted molar refractivity (Wildman–Crippen MR) is 75.2 cm³/mol. The van der Waals surface area contributed by atoms with Crippen LogP contribution in [-0.2, 0) is 24.4 Å². The summed E-state index contributed by atoms with van der Waals surface area (Å²) in [7, 11) is -4.46. The molecule has 1 fully saturated rings. The molecule has 1 aliphatic rings. The Hall–Kier alpha value is -2.13. The normalized spacial score (nSPS) is 17.9. The van der Waals surface area contributed by atoms with E-state index in [1.807, 2.05) is 0 Å². The highest BCUT2D eigenvalue weighted by Crippen LogP contribution is 2.23. The standard InChI is InChI=1S/C13H15NO7S/c1-2-14-10-4-3-8(22(17,18)19)7-9(10)12(15)21-11-5-6-20-13(11)16/h3-4,7,11,14H,2,5-6H2,1H3,(H,17,18,19). The zero-order valence-electron chi connectivity index (χ0n) is 11.7. The van der Waals surface area contributed by atoms with Crippen molar-refractivity contribution in [1.29, 1.82) is 0 Å². The molecule has 0 spiro atoms. The lowest BCUT2D eigenvalue weighted by Crippen LogP contribution is -2.23. The van der Waals surface area contributed by atoms with Crippen LogP contribution in [0, 0.1) is 0 Å². The number of anilines is 1. The number of esters is 2. The van der Waals surface area contributed by atoms with E-state index in [4.69, 9.17) is 14.0 Å². The Balaban J connectivity index is 2.33. The van der Waals surface area contributed by atoms with Gasteiger partial charge in [-0.2, -0.15) is 8.42 Å². The topological polar surface area (TPSA) is 119 Å². The second kappa shape index (κ2) is 6.32. The number of rotatable bonds is 5. The maximum absolute atomic E-state index is 12.2. The van der Waals surface area contributed by atoms with Gasteiger partial charge in [0.1, 0.15) is 0 Å². The summed E-state index contributed by atoms with van der Waals surface area (Å²) in [4.78, 5) is 23.1. The summed E-state index contributed by atoms with van der Waals surface area (Å²) in [6.07, 6.45) is -0.754. The van der Waals surface area contributed by atoms with Crippen molar-refractivity contribution in [3.63, 3.8) is 0 Å². The Morgan fingerprint density at radius 1 is 1.50 bits per heavy atom. The van der Waals surface area contributed by atoms with Crippen LogP contribution in [-0.4, -0.2) is 44.2 Å². The van der Waals surface area contributed by atoms with Gasteiger partial charge in [-0.25, -0.2) is 9.59 Å². The number of carbonyl (C=O) groups is 2. The number of hydrogen-bond donors (Lipinski definition) is 2. The quantitative estimate of drug-likeness (QED) is 0.602. The summed E-state index contributed by atoms with van der Waals surface area (Å²) >= 11 is 0. The van der Waals surface area contributed by atoms with Crippen LogP contribution in [0.4, 0.5) is 5.69 Å². The molecular formula is C13H15NO7S. The molecule has 0 saturated carbocycles. The van der Waals surface area contributed by atoms with Crippen molar-refractivity contribution in [2.45, 2.75) is 24.3 Å². The van der Waals surface area contributed by atoms with Crippen molar-refractivity contribution in [3.05, 3.63) is 23.8 Å². The molecule has 8 nitrogen and oxygen atoms in total. The van der Waals surface area contributed by atoms with Gasteiger partial charge in [-0.1, -0.05) is 0 Å². The molecule has 0 aromatic heterocycles. The van der Waals surface area contributed by atoms with Crippen LogP contribution in [0.2, 0.25) is 0 Å². The average Bonchev–Trinajstić information content (AvgIpc) is 2.83. The number of benzene rings is 1. The minimum absolute atomic E-state index is 0.0864. The zero-order valence-corrected chi connectivity index (χ0v) is 12.6. The first-order chi connectivity index (χ1) is 10.3.